The maximum absolute atomic E-state index is 12.5. The summed E-state index contributed by atoms with van der Waals surface area (Å²) in [5.41, 5.74) is 0. The zero-order valence-electron chi connectivity index (χ0n) is 21.2. The summed E-state index contributed by atoms with van der Waals surface area (Å²) in [5.74, 6) is 0.235. The molecule has 0 bridgehead atoms. The highest BCUT2D eigenvalue weighted by Crippen LogP contribution is 2.21. The maximum Gasteiger partial charge on any atom is 0.308 e. The Bertz CT molecular complexity index is 340. The molecule has 2 nitrogen and oxygen atoms in total. The molecule has 0 aliphatic carbocycles. The zero-order chi connectivity index (χ0) is 22.1. The molecule has 0 aliphatic heterocycles. The maximum atomic E-state index is 12.5. The average molecular weight is 425 g/mol. The van der Waals surface area contributed by atoms with E-state index in [-0.39, 0.29) is 11.9 Å². The molecular formula is C28H56O2. The highest BCUT2D eigenvalue weighted by atomic mass is 16.5. The molecule has 2 heteroatoms. The van der Waals surface area contributed by atoms with Crippen molar-refractivity contribution in [3.05, 3.63) is 0 Å². The van der Waals surface area contributed by atoms with Gasteiger partial charge >= 0.3 is 5.97 Å². The summed E-state index contributed by atoms with van der Waals surface area (Å²) < 4.78 is 5.57. The number of rotatable bonds is 24. The van der Waals surface area contributed by atoms with Crippen LogP contribution in [0.3, 0.4) is 0 Å². The monoisotopic (exact) mass is 424 g/mol. The first-order chi connectivity index (χ1) is 14.8. The molecule has 0 amide bonds. The number of hydrogen-bond donors (Lipinski definition) is 0. The largest absolute Gasteiger partial charge is 0.465 e. The second-order valence-corrected chi connectivity index (χ2v) is 9.45. The van der Waals surface area contributed by atoms with Crippen molar-refractivity contribution in [3.8, 4) is 0 Å². The summed E-state index contributed by atoms with van der Waals surface area (Å²) >= 11 is 0. The third kappa shape index (κ3) is 20.7. The number of unbranched alkanes of at least 4 members (excludes halogenated alkanes) is 17. The van der Waals surface area contributed by atoms with E-state index < -0.39 is 0 Å². The van der Waals surface area contributed by atoms with Gasteiger partial charge in [0, 0.05) is 0 Å². The van der Waals surface area contributed by atoms with Crippen LogP contribution in [0, 0.1) is 5.92 Å². The highest BCUT2D eigenvalue weighted by Gasteiger charge is 2.19. The highest BCUT2D eigenvalue weighted by molar-refractivity contribution is 5.72. The number of carbonyl (C=O) groups is 1. The van der Waals surface area contributed by atoms with Gasteiger partial charge in [0.2, 0.25) is 0 Å². The SMILES string of the molecule is CCCCCCCCCCCCC(CCCCCCCCCC)C(=O)OCCCC. The van der Waals surface area contributed by atoms with E-state index in [1.807, 2.05) is 0 Å². The van der Waals surface area contributed by atoms with Gasteiger partial charge in [0.25, 0.3) is 0 Å². The van der Waals surface area contributed by atoms with Crippen LogP contribution >= 0.6 is 0 Å². The van der Waals surface area contributed by atoms with Gasteiger partial charge in [0.1, 0.15) is 0 Å². The minimum Gasteiger partial charge on any atom is -0.465 e. The van der Waals surface area contributed by atoms with Crippen molar-refractivity contribution in [2.45, 2.75) is 162 Å². The smallest absolute Gasteiger partial charge is 0.308 e. The minimum absolute atomic E-state index is 0.0855. The number of ether oxygens (including phenoxy) is 1. The lowest BCUT2D eigenvalue weighted by molar-refractivity contribution is -0.149. The molecular weight excluding hydrogens is 368 g/mol. The van der Waals surface area contributed by atoms with Gasteiger partial charge in [-0.15, -0.1) is 0 Å². The molecule has 180 valence electrons. The molecule has 0 spiro atoms. The van der Waals surface area contributed by atoms with E-state index in [0.717, 1.165) is 25.7 Å². The summed E-state index contributed by atoms with van der Waals surface area (Å²) in [6.45, 7) is 7.31. The lowest BCUT2D eigenvalue weighted by atomic mass is 9.94. The van der Waals surface area contributed by atoms with Crippen LogP contribution in [0.15, 0.2) is 0 Å². The van der Waals surface area contributed by atoms with Crippen molar-refractivity contribution in [2.24, 2.45) is 5.92 Å². The van der Waals surface area contributed by atoms with Crippen LogP contribution < -0.4 is 0 Å². The Morgan fingerprint density at radius 3 is 1.20 bits per heavy atom. The van der Waals surface area contributed by atoms with E-state index in [4.69, 9.17) is 4.74 Å². The molecule has 0 aromatic carbocycles. The molecule has 0 N–H and O–H groups in total. The lowest BCUT2D eigenvalue weighted by Crippen LogP contribution is -2.18. The summed E-state index contributed by atoms with van der Waals surface area (Å²) in [6, 6.07) is 0. The van der Waals surface area contributed by atoms with Gasteiger partial charge in [0.05, 0.1) is 12.5 Å². The van der Waals surface area contributed by atoms with E-state index in [1.165, 1.54) is 116 Å². The summed E-state index contributed by atoms with van der Waals surface area (Å²) in [4.78, 5) is 12.5. The van der Waals surface area contributed by atoms with Gasteiger partial charge in [-0.2, -0.15) is 0 Å². The van der Waals surface area contributed by atoms with Gasteiger partial charge in [-0.3, -0.25) is 4.79 Å². The van der Waals surface area contributed by atoms with Crippen LogP contribution in [-0.4, -0.2) is 12.6 Å². The Hall–Kier alpha value is -0.530. The van der Waals surface area contributed by atoms with Crippen LogP contribution in [0.5, 0.6) is 0 Å². The molecule has 0 fully saturated rings. The molecule has 1 unspecified atom stereocenters. The Balaban J connectivity index is 3.89. The Morgan fingerprint density at radius 2 is 0.833 bits per heavy atom. The predicted octanol–water partition coefficient (Wildman–Crippen LogP) is 9.79. The molecule has 1 atom stereocenters. The van der Waals surface area contributed by atoms with Gasteiger partial charge in [0.15, 0.2) is 0 Å². The quantitative estimate of drug-likeness (QED) is 0.114. The van der Waals surface area contributed by atoms with Crippen molar-refractivity contribution in [1.82, 2.24) is 0 Å². The topological polar surface area (TPSA) is 26.3 Å². The van der Waals surface area contributed by atoms with Crippen molar-refractivity contribution < 1.29 is 9.53 Å². The molecule has 0 saturated heterocycles. The summed E-state index contributed by atoms with van der Waals surface area (Å²) in [6.07, 6.45) is 28.4. The minimum atomic E-state index is 0.0855. The molecule has 30 heavy (non-hydrogen) atoms. The fraction of sp³-hybridized carbons (Fsp3) is 0.964. The van der Waals surface area contributed by atoms with Crippen LogP contribution in [0.25, 0.3) is 0 Å². The molecule has 0 aromatic rings. The van der Waals surface area contributed by atoms with Crippen molar-refractivity contribution >= 4 is 5.97 Å². The molecule has 0 heterocycles. The van der Waals surface area contributed by atoms with Crippen molar-refractivity contribution in [3.63, 3.8) is 0 Å². The average Bonchev–Trinajstić information content (AvgIpc) is 2.75. The van der Waals surface area contributed by atoms with E-state index >= 15 is 0 Å². The fourth-order valence-corrected chi connectivity index (χ4v) is 4.22. The van der Waals surface area contributed by atoms with Gasteiger partial charge < -0.3 is 4.74 Å². The zero-order valence-corrected chi connectivity index (χ0v) is 21.2. The van der Waals surface area contributed by atoms with Gasteiger partial charge in [-0.1, -0.05) is 143 Å². The van der Waals surface area contributed by atoms with E-state index in [2.05, 4.69) is 20.8 Å². The van der Waals surface area contributed by atoms with Crippen LogP contribution in [0.2, 0.25) is 0 Å². The summed E-state index contributed by atoms with van der Waals surface area (Å²) in [7, 11) is 0. The number of esters is 1. The third-order valence-corrected chi connectivity index (χ3v) is 6.39. The number of hydrogen-bond acceptors (Lipinski definition) is 2. The lowest BCUT2D eigenvalue weighted by Gasteiger charge is -2.16. The van der Waals surface area contributed by atoms with Gasteiger partial charge in [-0.05, 0) is 19.3 Å². The number of carbonyl (C=O) groups excluding carboxylic acids is 1. The Morgan fingerprint density at radius 1 is 0.500 bits per heavy atom. The molecule has 0 aromatic heterocycles. The predicted molar refractivity (Wildman–Crippen MR) is 133 cm³/mol. The van der Waals surface area contributed by atoms with Crippen LogP contribution in [0.1, 0.15) is 162 Å². The van der Waals surface area contributed by atoms with Crippen molar-refractivity contribution in [1.29, 1.82) is 0 Å². The molecule has 0 rings (SSSR count). The first-order valence-corrected chi connectivity index (χ1v) is 13.9. The van der Waals surface area contributed by atoms with Crippen LogP contribution in [0.4, 0.5) is 0 Å². The van der Waals surface area contributed by atoms with E-state index in [1.54, 1.807) is 0 Å². The Labute approximate surface area is 190 Å². The van der Waals surface area contributed by atoms with Gasteiger partial charge in [-0.25, -0.2) is 0 Å². The molecule has 0 aliphatic rings. The van der Waals surface area contributed by atoms with E-state index in [9.17, 15) is 4.79 Å². The fourth-order valence-electron chi connectivity index (χ4n) is 4.22. The third-order valence-electron chi connectivity index (χ3n) is 6.39. The first-order valence-electron chi connectivity index (χ1n) is 13.9. The molecule has 0 radical (unpaired) electrons. The molecule has 0 saturated carbocycles. The van der Waals surface area contributed by atoms with E-state index in [0.29, 0.717) is 6.61 Å². The normalized spacial score (nSPS) is 12.2. The Kier molecular flexibility index (Phi) is 24.3. The standard InChI is InChI=1S/C28H56O2/c1-4-7-10-12-14-16-17-19-21-23-25-27(28(29)30-26-9-6-3)24-22-20-18-15-13-11-8-5-2/h27H,4-26H2,1-3H3. The van der Waals surface area contributed by atoms with Crippen molar-refractivity contribution in [2.75, 3.05) is 6.61 Å². The second-order valence-electron chi connectivity index (χ2n) is 9.45. The first kappa shape index (κ1) is 29.5. The second kappa shape index (κ2) is 24.7. The summed E-state index contributed by atoms with van der Waals surface area (Å²) in [5, 5.41) is 0. The van der Waals surface area contributed by atoms with Crippen LogP contribution in [-0.2, 0) is 9.53 Å².